The second kappa shape index (κ2) is 3.12. The van der Waals surface area contributed by atoms with Crippen LogP contribution in [0.25, 0.3) is 0 Å². The van der Waals surface area contributed by atoms with Crippen molar-refractivity contribution in [2.45, 2.75) is 18.1 Å². The smallest absolute Gasteiger partial charge is 0.411 e. The molecule has 1 aliphatic heterocycles. The molecule has 98 valence electrons. The summed E-state index contributed by atoms with van der Waals surface area (Å²) in [6.07, 6.45) is -3.28. The van der Waals surface area contributed by atoms with E-state index in [1.807, 2.05) is 0 Å². The minimum absolute atomic E-state index is 0.111. The standard InChI is InChI=1S/C10H10FNO6/c11-4-1-3-5(7(13)14)6(3)10(4)8(15)18-2-12(10)9(16)17/h3-6H,1-2H2,(H,13,14)(H,16,17). The van der Waals surface area contributed by atoms with Crippen LogP contribution >= 0.6 is 0 Å². The number of halogens is 1. The van der Waals surface area contributed by atoms with Gasteiger partial charge in [-0.15, -0.1) is 0 Å². The van der Waals surface area contributed by atoms with E-state index in [9.17, 15) is 18.8 Å². The van der Waals surface area contributed by atoms with Crippen LogP contribution < -0.4 is 0 Å². The van der Waals surface area contributed by atoms with Crippen molar-refractivity contribution < 1.29 is 33.7 Å². The Morgan fingerprint density at radius 3 is 2.67 bits per heavy atom. The van der Waals surface area contributed by atoms with Crippen molar-refractivity contribution in [3.8, 4) is 0 Å². The summed E-state index contributed by atoms with van der Waals surface area (Å²) in [5, 5.41) is 18.0. The van der Waals surface area contributed by atoms with Crippen LogP contribution in [0.15, 0.2) is 0 Å². The van der Waals surface area contributed by atoms with Crippen LogP contribution in [-0.4, -0.2) is 51.6 Å². The number of alkyl halides is 1. The quantitative estimate of drug-likeness (QED) is 0.637. The van der Waals surface area contributed by atoms with Crippen LogP contribution in [0.2, 0.25) is 0 Å². The third-order valence-electron chi connectivity index (χ3n) is 4.25. The molecule has 3 rings (SSSR count). The van der Waals surface area contributed by atoms with Gasteiger partial charge < -0.3 is 14.9 Å². The molecular weight excluding hydrogens is 249 g/mol. The van der Waals surface area contributed by atoms with Gasteiger partial charge in [0.15, 0.2) is 12.3 Å². The molecule has 0 aromatic rings. The van der Waals surface area contributed by atoms with Gasteiger partial charge in [-0.3, -0.25) is 9.69 Å². The van der Waals surface area contributed by atoms with Crippen LogP contribution in [0, 0.1) is 17.8 Å². The van der Waals surface area contributed by atoms with E-state index in [2.05, 4.69) is 4.74 Å². The second-order valence-electron chi connectivity index (χ2n) is 4.85. The summed E-state index contributed by atoms with van der Waals surface area (Å²) >= 11 is 0. The average Bonchev–Trinajstić information content (AvgIpc) is 2.76. The average molecular weight is 259 g/mol. The Balaban J connectivity index is 2.03. The van der Waals surface area contributed by atoms with Gasteiger partial charge in [-0.2, -0.15) is 0 Å². The lowest BCUT2D eigenvalue weighted by Crippen LogP contribution is -2.58. The molecule has 1 spiro atoms. The molecule has 2 saturated carbocycles. The summed E-state index contributed by atoms with van der Waals surface area (Å²) in [5.74, 6) is -4.24. The first-order chi connectivity index (χ1) is 8.42. The zero-order valence-electron chi connectivity index (χ0n) is 9.08. The number of rotatable bonds is 1. The van der Waals surface area contributed by atoms with Crippen LogP contribution in [0.4, 0.5) is 9.18 Å². The molecule has 1 amide bonds. The molecule has 5 unspecified atom stereocenters. The molecule has 0 bridgehead atoms. The van der Waals surface area contributed by atoms with Gasteiger partial charge in [0.2, 0.25) is 0 Å². The number of carboxylic acids is 1. The summed E-state index contributed by atoms with van der Waals surface area (Å²) in [4.78, 5) is 34.4. The summed E-state index contributed by atoms with van der Waals surface area (Å²) < 4.78 is 18.7. The van der Waals surface area contributed by atoms with E-state index in [0.29, 0.717) is 4.90 Å². The number of hydrogen-bond acceptors (Lipinski definition) is 4. The van der Waals surface area contributed by atoms with E-state index in [-0.39, 0.29) is 6.42 Å². The van der Waals surface area contributed by atoms with Crippen molar-refractivity contribution in [3.63, 3.8) is 0 Å². The van der Waals surface area contributed by atoms with Gasteiger partial charge in [-0.05, 0) is 12.3 Å². The first-order valence-electron chi connectivity index (χ1n) is 5.47. The largest absolute Gasteiger partial charge is 0.481 e. The Bertz CT molecular complexity index is 467. The third-order valence-corrected chi connectivity index (χ3v) is 4.25. The molecule has 3 fully saturated rings. The van der Waals surface area contributed by atoms with Crippen molar-refractivity contribution in [3.05, 3.63) is 0 Å². The van der Waals surface area contributed by atoms with Crippen LogP contribution in [-0.2, 0) is 14.3 Å². The predicted octanol–water partition coefficient (Wildman–Crippen LogP) is -0.0919. The molecule has 2 N–H and O–H groups in total. The van der Waals surface area contributed by atoms with E-state index >= 15 is 0 Å². The number of carboxylic acid groups (broad SMARTS) is 2. The fourth-order valence-electron chi connectivity index (χ4n) is 3.51. The number of esters is 1. The molecule has 3 aliphatic rings. The van der Waals surface area contributed by atoms with Gasteiger partial charge in [-0.1, -0.05) is 0 Å². The maximum absolute atomic E-state index is 14.1. The fourth-order valence-corrected chi connectivity index (χ4v) is 3.51. The van der Waals surface area contributed by atoms with E-state index in [4.69, 9.17) is 10.2 Å². The van der Waals surface area contributed by atoms with E-state index in [1.54, 1.807) is 0 Å². The highest BCUT2D eigenvalue weighted by molar-refractivity contribution is 5.92. The van der Waals surface area contributed by atoms with E-state index < -0.39 is 54.2 Å². The van der Waals surface area contributed by atoms with Crippen molar-refractivity contribution in [1.82, 2.24) is 4.90 Å². The topological polar surface area (TPSA) is 104 Å². The number of fused-ring (bicyclic) bond motifs is 2. The molecule has 1 heterocycles. The first kappa shape index (κ1) is 11.2. The minimum Gasteiger partial charge on any atom is -0.481 e. The fraction of sp³-hybridized carbons (Fsp3) is 0.700. The molecular formula is C10H10FNO6. The number of aliphatic carboxylic acids is 1. The number of cyclic esters (lactones) is 1. The maximum Gasteiger partial charge on any atom is 0.411 e. The lowest BCUT2D eigenvalue weighted by atomic mass is 9.88. The molecule has 2 aliphatic carbocycles. The van der Waals surface area contributed by atoms with Gasteiger partial charge in [0, 0.05) is 5.92 Å². The number of amides is 1. The Morgan fingerprint density at radius 1 is 1.44 bits per heavy atom. The number of carbonyl (C=O) groups excluding carboxylic acids is 1. The number of ether oxygens (including phenoxy) is 1. The summed E-state index contributed by atoms with van der Waals surface area (Å²) in [7, 11) is 0. The monoisotopic (exact) mass is 259 g/mol. The molecule has 0 aromatic carbocycles. The summed E-state index contributed by atoms with van der Waals surface area (Å²) in [6.45, 7) is -0.538. The minimum atomic E-state index is -1.94. The Hall–Kier alpha value is -1.86. The van der Waals surface area contributed by atoms with Crippen LogP contribution in [0.3, 0.4) is 0 Å². The van der Waals surface area contributed by atoms with Gasteiger partial charge in [0.05, 0.1) is 5.92 Å². The maximum atomic E-state index is 14.1. The van der Waals surface area contributed by atoms with Crippen LogP contribution in [0.5, 0.6) is 0 Å². The molecule has 8 heteroatoms. The molecule has 0 aromatic heterocycles. The Morgan fingerprint density at radius 2 is 2.11 bits per heavy atom. The predicted molar refractivity (Wildman–Crippen MR) is 51.2 cm³/mol. The number of carbonyl (C=O) groups is 3. The molecule has 5 atom stereocenters. The zero-order valence-corrected chi connectivity index (χ0v) is 9.08. The van der Waals surface area contributed by atoms with Crippen molar-refractivity contribution in [2.24, 2.45) is 17.8 Å². The Labute approximate surface area is 100 Å². The first-order valence-corrected chi connectivity index (χ1v) is 5.47. The van der Waals surface area contributed by atoms with Crippen molar-refractivity contribution >= 4 is 18.0 Å². The van der Waals surface area contributed by atoms with Crippen molar-refractivity contribution in [1.29, 1.82) is 0 Å². The number of nitrogens with zero attached hydrogens (tertiary/aromatic N) is 1. The summed E-state index contributed by atoms with van der Waals surface area (Å²) in [5.41, 5.74) is -1.94. The van der Waals surface area contributed by atoms with Gasteiger partial charge in [-0.25, -0.2) is 14.0 Å². The Kier molecular flexibility index (Phi) is 1.95. The molecule has 18 heavy (non-hydrogen) atoms. The zero-order chi connectivity index (χ0) is 13.2. The van der Waals surface area contributed by atoms with Gasteiger partial charge in [0.25, 0.3) is 0 Å². The molecule has 0 radical (unpaired) electrons. The highest BCUT2D eigenvalue weighted by Gasteiger charge is 2.80. The highest BCUT2D eigenvalue weighted by atomic mass is 19.1. The molecule has 1 saturated heterocycles. The highest BCUT2D eigenvalue weighted by Crippen LogP contribution is 2.66. The van der Waals surface area contributed by atoms with Gasteiger partial charge >= 0.3 is 18.0 Å². The lowest BCUT2D eigenvalue weighted by molar-refractivity contribution is -0.147. The normalized spacial score (nSPS) is 44.9. The number of hydrogen-bond donors (Lipinski definition) is 2. The summed E-state index contributed by atoms with van der Waals surface area (Å²) in [6, 6.07) is 0. The van der Waals surface area contributed by atoms with E-state index in [1.165, 1.54) is 0 Å². The second-order valence-corrected chi connectivity index (χ2v) is 4.85. The van der Waals surface area contributed by atoms with Gasteiger partial charge in [0.1, 0.15) is 6.17 Å². The van der Waals surface area contributed by atoms with E-state index in [0.717, 1.165) is 0 Å². The lowest BCUT2D eigenvalue weighted by Gasteiger charge is -2.32. The SMILES string of the molecule is O=C(O)C1C2CC(F)C3(C(=O)OCN3C(=O)O)C21. The third kappa shape index (κ3) is 1.01. The van der Waals surface area contributed by atoms with Crippen LogP contribution in [0.1, 0.15) is 6.42 Å². The molecule has 7 nitrogen and oxygen atoms in total. The van der Waals surface area contributed by atoms with Crippen molar-refractivity contribution in [2.75, 3.05) is 6.73 Å².